The van der Waals surface area contributed by atoms with Crippen LogP contribution in [-0.4, -0.2) is 33.2 Å². The van der Waals surface area contributed by atoms with Gasteiger partial charge in [-0.3, -0.25) is 14.9 Å². The first kappa shape index (κ1) is 20.1. The molecule has 0 fully saturated rings. The van der Waals surface area contributed by atoms with Gasteiger partial charge in [0.2, 0.25) is 11.9 Å². The maximum atomic E-state index is 12.5. The largest absolute Gasteiger partial charge is 0.483 e. The lowest BCUT2D eigenvalue weighted by Crippen LogP contribution is -2.30. The first-order chi connectivity index (χ1) is 14.4. The van der Waals surface area contributed by atoms with E-state index >= 15 is 0 Å². The Labute approximate surface area is 181 Å². The lowest BCUT2D eigenvalue weighted by molar-refractivity contribution is -0.118. The first-order valence-electron chi connectivity index (χ1n) is 9.40. The summed E-state index contributed by atoms with van der Waals surface area (Å²) in [5, 5.41) is 9.81. The summed E-state index contributed by atoms with van der Waals surface area (Å²) >= 11 is 3.47. The minimum atomic E-state index is -0.383. The highest BCUT2D eigenvalue weighted by atomic mass is 79.9. The number of nitrogens with zero attached hydrogens (tertiary/aromatic N) is 3. The molecule has 2 amide bonds. The van der Waals surface area contributed by atoms with Gasteiger partial charge in [0, 0.05) is 15.7 Å². The van der Waals surface area contributed by atoms with E-state index in [0.29, 0.717) is 11.7 Å². The van der Waals surface area contributed by atoms with E-state index in [9.17, 15) is 9.59 Å². The van der Waals surface area contributed by atoms with Gasteiger partial charge in [0.05, 0.1) is 12.5 Å². The fourth-order valence-corrected chi connectivity index (χ4v) is 3.75. The van der Waals surface area contributed by atoms with Crippen molar-refractivity contribution < 1.29 is 14.3 Å². The number of aryl methyl sites for hydroxylation is 1. The van der Waals surface area contributed by atoms with Crippen molar-refractivity contribution in [3.63, 3.8) is 0 Å². The van der Waals surface area contributed by atoms with E-state index in [2.05, 4.69) is 36.6 Å². The molecule has 0 spiro atoms. The summed E-state index contributed by atoms with van der Waals surface area (Å²) in [6, 6.07) is 10.8. The molecule has 2 N–H and O–H groups in total. The van der Waals surface area contributed by atoms with Gasteiger partial charge >= 0.3 is 0 Å². The number of carbonyl (C=O) groups excluding carboxylic acids is 2. The molecule has 0 radical (unpaired) electrons. The van der Waals surface area contributed by atoms with Gasteiger partial charge in [-0.25, -0.2) is 4.68 Å². The summed E-state index contributed by atoms with van der Waals surface area (Å²) in [5.41, 5.74) is 3.62. The number of nitrogens with one attached hydrogen (secondary N) is 2. The zero-order valence-electron chi connectivity index (χ0n) is 16.5. The van der Waals surface area contributed by atoms with Gasteiger partial charge in [0.25, 0.3) is 5.91 Å². The van der Waals surface area contributed by atoms with Crippen LogP contribution in [0.4, 0.5) is 11.6 Å². The molecule has 2 aromatic carbocycles. The number of hydrogen-bond donors (Lipinski definition) is 2. The Morgan fingerprint density at radius 1 is 1.33 bits per heavy atom. The Kier molecular flexibility index (Phi) is 5.54. The molecular weight excluding hydrogens is 450 g/mol. The number of halogens is 1. The molecule has 8 nitrogen and oxygen atoms in total. The maximum absolute atomic E-state index is 12.5. The van der Waals surface area contributed by atoms with Gasteiger partial charge in [0.15, 0.2) is 6.61 Å². The molecule has 9 heteroatoms. The summed E-state index contributed by atoms with van der Waals surface area (Å²) in [6.45, 7) is 3.79. The molecule has 0 bridgehead atoms. The van der Waals surface area contributed by atoms with Crippen LogP contribution in [0.3, 0.4) is 0 Å². The fourth-order valence-electron chi connectivity index (χ4n) is 3.37. The summed E-state index contributed by atoms with van der Waals surface area (Å²) < 4.78 is 8.33. The smallest absolute Gasteiger partial charge is 0.262 e. The van der Waals surface area contributed by atoms with Gasteiger partial charge in [-0.15, -0.1) is 0 Å². The monoisotopic (exact) mass is 469 g/mol. The maximum Gasteiger partial charge on any atom is 0.262 e. The normalized spacial score (nSPS) is 15.3. The van der Waals surface area contributed by atoms with Crippen LogP contribution in [0.5, 0.6) is 5.75 Å². The van der Waals surface area contributed by atoms with E-state index in [-0.39, 0.29) is 30.9 Å². The summed E-state index contributed by atoms with van der Waals surface area (Å²) in [5.74, 6) is 0.477. The van der Waals surface area contributed by atoms with Crippen LogP contribution < -0.4 is 15.4 Å². The minimum absolute atomic E-state index is 0.154. The zero-order chi connectivity index (χ0) is 21.3. The molecule has 154 valence electrons. The van der Waals surface area contributed by atoms with Crippen molar-refractivity contribution in [1.82, 2.24) is 14.8 Å². The number of anilines is 2. The molecule has 0 aliphatic carbocycles. The predicted octanol–water partition coefficient (Wildman–Crippen LogP) is 3.61. The molecule has 0 saturated heterocycles. The molecule has 0 saturated carbocycles. The average Bonchev–Trinajstić information content (AvgIpc) is 3.18. The molecular formula is C21H20BrN5O3. The van der Waals surface area contributed by atoms with E-state index < -0.39 is 0 Å². The van der Waals surface area contributed by atoms with Gasteiger partial charge < -0.3 is 10.1 Å². The van der Waals surface area contributed by atoms with Crippen LogP contribution in [-0.2, 0) is 9.59 Å². The fraction of sp³-hybridized carbons (Fsp3) is 0.238. The van der Waals surface area contributed by atoms with Crippen LogP contribution in [0, 0.1) is 13.8 Å². The highest BCUT2D eigenvalue weighted by Crippen LogP contribution is 2.36. The third kappa shape index (κ3) is 4.06. The highest BCUT2D eigenvalue weighted by molar-refractivity contribution is 9.10. The molecule has 1 aliphatic rings. The Hall–Kier alpha value is -3.20. The third-order valence-corrected chi connectivity index (χ3v) is 5.56. The van der Waals surface area contributed by atoms with Crippen molar-refractivity contribution in [3.05, 3.63) is 63.9 Å². The van der Waals surface area contributed by atoms with Crippen LogP contribution in [0.15, 0.2) is 47.2 Å². The molecule has 4 rings (SSSR count). The zero-order valence-corrected chi connectivity index (χ0v) is 18.1. The number of hydrogen-bond acceptors (Lipinski definition) is 5. The topological polar surface area (TPSA) is 98.1 Å². The lowest BCUT2D eigenvalue weighted by atomic mass is 10.0. The van der Waals surface area contributed by atoms with Crippen LogP contribution >= 0.6 is 15.9 Å². The van der Waals surface area contributed by atoms with Gasteiger partial charge in [-0.1, -0.05) is 28.1 Å². The summed E-state index contributed by atoms with van der Waals surface area (Å²) in [6.07, 6.45) is 1.59. The average molecular weight is 470 g/mol. The van der Waals surface area contributed by atoms with Crippen molar-refractivity contribution in [2.24, 2.45) is 0 Å². The number of fused-ring (bicyclic) bond motifs is 1. The van der Waals surface area contributed by atoms with Crippen molar-refractivity contribution in [1.29, 1.82) is 0 Å². The van der Waals surface area contributed by atoms with Crippen molar-refractivity contribution in [2.45, 2.75) is 26.3 Å². The van der Waals surface area contributed by atoms with E-state index in [1.165, 1.54) is 6.33 Å². The molecule has 2 heterocycles. The van der Waals surface area contributed by atoms with Crippen molar-refractivity contribution in [2.75, 3.05) is 17.2 Å². The Morgan fingerprint density at radius 3 is 3.00 bits per heavy atom. The Morgan fingerprint density at radius 2 is 2.17 bits per heavy atom. The van der Waals surface area contributed by atoms with Gasteiger partial charge in [0.1, 0.15) is 12.1 Å². The highest BCUT2D eigenvalue weighted by Gasteiger charge is 2.30. The van der Waals surface area contributed by atoms with Crippen LogP contribution in [0.1, 0.15) is 29.2 Å². The Balaban J connectivity index is 1.54. The predicted molar refractivity (Wildman–Crippen MR) is 116 cm³/mol. The van der Waals surface area contributed by atoms with Gasteiger partial charge in [-0.05, 0) is 49.2 Å². The van der Waals surface area contributed by atoms with E-state index in [0.717, 1.165) is 26.9 Å². The van der Waals surface area contributed by atoms with Crippen LogP contribution in [0.2, 0.25) is 0 Å². The van der Waals surface area contributed by atoms with Crippen LogP contribution in [0.25, 0.3) is 0 Å². The minimum Gasteiger partial charge on any atom is -0.483 e. The lowest BCUT2D eigenvalue weighted by Gasteiger charge is -2.25. The van der Waals surface area contributed by atoms with E-state index in [4.69, 9.17) is 4.74 Å². The molecule has 0 unspecified atom stereocenters. The summed E-state index contributed by atoms with van der Waals surface area (Å²) in [7, 11) is 0. The number of rotatable bonds is 5. The van der Waals surface area contributed by atoms with E-state index in [1.807, 2.05) is 44.2 Å². The third-order valence-electron chi connectivity index (χ3n) is 5.07. The molecule has 1 aliphatic heterocycles. The number of aromatic nitrogens is 3. The van der Waals surface area contributed by atoms with Crippen molar-refractivity contribution in [3.8, 4) is 5.75 Å². The standard InChI is InChI=1S/C21H20BrN5O3/c1-12-4-3-5-16(13(12)2)25-20(29)10-30-18-7-6-14(22)8-15(18)17-9-19(28)26-21-23-11-24-27(17)21/h3-8,11,17H,9-10H2,1-2H3,(H,25,29)(H,23,24,26,28)/t17-/m0/s1. The SMILES string of the molecule is Cc1cccc(NC(=O)COc2ccc(Br)cc2[C@@H]2CC(=O)Nc3ncnn32)c1C. The van der Waals surface area contributed by atoms with Gasteiger partial charge in [-0.2, -0.15) is 10.1 Å². The quantitative estimate of drug-likeness (QED) is 0.594. The molecule has 1 aromatic heterocycles. The number of benzene rings is 2. The number of ether oxygens (including phenoxy) is 1. The number of carbonyl (C=O) groups is 2. The second-order valence-corrected chi connectivity index (χ2v) is 7.98. The number of amides is 2. The molecule has 1 atom stereocenters. The molecule has 3 aromatic rings. The second kappa shape index (κ2) is 8.27. The first-order valence-corrected chi connectivity index (χ1v) is 10.2. The van der Waals surface area contributed by atoms with Crippen molar-refractivity contribution >= 4 is 39.4 Å². The second-order valence-electron chi connectivity index (χ2n) is 7.06. The Bertz CT molecular complexity index is 1130. The summed E-state index contributed by atoms with van der Waals surface area (Å²) in [4.78, 5) is 28.7. The molecule has 30 heavy (non-hydrogen) atoms. The van der Waals surface area contributed by atoms with E-state index in [1.54, 1.807) is 10.7 Å².